The molecular weight excluding hydrogens is 226 g/mol. The Labute approximate surface area is 110 Å². The minimum Gasteiger partial charge on any atom is -0.395 e. The molecule has 1 aliphatic heterocycles. The zero-order chi connectivity index (χ0) is 12.6. The van der Waals surface area contributed by atoms with Crippen LogP contribution in [0.25, 0.3) is 0 Å². The van der Waals surface area contributed by atoms with Crippen molar-refractivity contribution >= 4 is 5.91 Å². The molecule has 1 N–H and O–H groups in total. The molecule has 102 valence electrons. The number of nitrogens with zero attached hydrogens (tertiary/aromatic N) is 1. The van der Waals surface area contributed by atoms with Crippen LogP contribution < -0.4 is 0 Å². The van der Waals surface area contributed by atoms with Crippen LogP contribution in [0.3, 0.4) is 0 Å². The van der Waals surface area contributed by atoms with E-state index >= 15 is 0 Å². The lowest BCUT2D eigenvalue weighted by atomic mass is 9.80. The van der Waals surface area contributed by atoms with Crippen LogP contribution in [0.1, 0.15) is 57.8 Å². The summed E-state index contributed by atoms with van der Waals surface area (Å²) in [6.45, 7) is 1.95. The molecule has 0 aromatic rings. The second-order valence-electron chi connectivity index (χ2n) is 6.83. The molecule has 0 unspecified atom stereocenters. The van der Waals surface area contributed by atoms with Gasteiger partial charge in [-0.3, -0.25) is 4.79 Å². The largest absolute Gasteiger partial charge is 0.395 e. The quantitative estimate of drug-likeness (QED) is 0.818. The van der Waals surface area contributed by atoms with Crippen molar-refractivity contribution in [3.8, 4) is 0 Å². The van der Waals surface area contributed by atoms with Crippen LogP contribution in [-0.4, -0.2) is 35.6 Å². The van der Waals surface area contributed by atoms with Crippen LogP contribution in [-0.2, 0) is 4.79 Å². The number of aliphatic hydroxyl groups is 1. The van der Waals surface area contributed by atoms with Crippen LogP contribution in [0.15, 0.2) is 0 Å². The molecule has 3 fully saturated rings. The Hall–Kier alpha value is -0.570. The monoisotopic (exact) mass is 251 g/mol. The molecule has 1 heterocycles. The first-order valence-corrected chi connectivity index (χ1v) is 7.60. The van der Waals surface area contributed by atoms with Crippen LogP contribution >= 0.6 is 0 Å². The topological polar surface area (TPSA) is 40.5 Å². The minimum atomic E-state index is -0.365. The number of rotatable bonds is 2. The maximum absolute atomic E-state index is 12.4. The maximum Gasteiger partial charge on any atom is 0.231 e. The number of amides is 1. The van der Waals surface area contributed by atoms with Crippen molar-refractivity contribution in [3.63, 3.8) is 0 Å². The van der Waals surface area contributed by atoms with Gasteiger partial charge in [0.25, 0.3) is 0 Å². The normalized spacial score (nSPS) is 29.3. The molecule has 0 aromatic carbocycles. The van der Waals surface area contributed by atoms with E-state index < -0.39 is 0 Å². The van der Waals surface area contributed by atoms with Crippen molar-refractivity contribution in [2.24, 2.45) is 10.8 Å². The van der Waals surface area contributed by atoms with Crippen molar-refractivity contribution in [1.82, 2.24) is 4.90 Å². The molecule has 3 heteroatoms. The van der Waals surface area contributed by atoms with Crippen molar-refractivity contribution in [2.45, 2.75) is 57.8 Å². The maximum atomic E-state index is 12.4. The van der Waals surface area contributed by atoms with Crippen molar-refractivity contribution in [1.29, 1.82) is 0 Å². The van der Waals surface area contributed by atoms with E-state index in [4.69, 9.17) is 0 Å². The number of likely N-dealkylation sites (tertiary alicyclic amines) is 1. The van der Waals surface area contributed by atoms with Gasteiger partial charge in [-0.25, -0.2) is 0 Å². The van der Waals surface area contributed by atoms with Gasteiger partial charge in [-0.1, -0.05) is 25.7 Å². The van der Waals surface area contributed by atoms with E-state index in [0.29, 0.717) is 5.41 Å². The average molecular weight is 251 g/mol. The van der Waals surface area contributed by atoms with Gasteiger partial charge in [-0.2, -0.15) is 0 Å². The number of hydrogen-bond donors (Lipinski definition) is 1. The van der Waals surface area contributed by atoms with Gasteiger partial charge in [0.05, 0.1) is 12.0 Å². The van der Waals surface area contributed by atoms with Crippen LogP contribution in [0.4, 0.5) is 0 Å². The second-order valence-corrected chi connectivity index (χ2v) is 6.83. The third-order valence-electron chi connectivity index (χ3n) is 5.50. The minimum absolute atomic E-state index is 0.0509. The highest BCUT2D eigenvalue weighted by Crippen LogP contribution is 2.49. The fourth-order valence-corrected chi connectivity index (χ4v) is 3.92. The van der Waals surface area contributed by atoms with E-state index in [9.17, 15) is 9.90 Å². The molecular formula is C15H25NO2. The first-order valence-electron chi connectivity index (χ1n) is 7.60. The Morgan fingerprint density at radius 3 is 2.22 bits per heavy atom. The highest BCUT2D eigenvalue weighted by molar-refractivity contribution is 5.85. The SMILES string of the molecule is O=C(N1CCC2(CCCCCC2)C1)C1(CO)CC1. The van der Waals surface area contributed by atoms with Gasteiger partial charge in [-0.05, 0) is 37.5 Å². The molecule has 0 bridgehead atoms. The molecule has 3 nitrogen and oxygen atoms in total. The lowest BCUT2D eigenvalue weighted by Crippen LogP contribution is -2.38. The number of aliphatic hydroxyl groups excluding tert-OH is 1. The third-order valence-corrected chi connectivity index (χ3v) is 5.50. The Kier molecular flexibility index (Phi) is 3.13. The highest BCUT2D eigenvalue weighted by Gasteiger charge is 2.53. The third kappa shape index (κ3) is 2.07. The Balaban J connectivity index is 1.65. The van der Waals surface area contributed by atoms with E-state index in [1.807, 2.05) is 0 Å². The van der Waals surface area contributed by atoms with Crippen molar-refractivity contribution in [3.05, 3.63) is 0 Å². The molecule has 1 amide bonds. The lowest BCUT2D eigenvalue weighted by molar-refractivity contribution is -0.137. The molecule has 0 aromatic heterocycles. The Morgan fingerprint density at radius 1 is 1.00 bits per heavy atom. The smallest absolute Gasteiger partial charge is 0.231 e. The lowest BCUT2D eigenvalue weighted by Gasteiger charge is -2.29. The van der Waals surface area contributed by atoms with Gasteiger partial charge in [0.2, 0.25) is 5.91 Å². The molecule has 18 heavy (non-hydrogen) atoms. The van der Waals surface area contributed by atoms with Crippen molar-refractivity contribution in [2.75, 3.05) is 19.7 Å². The predicted molar refractivity (Wildman–Crippen MR) is 70.1 cm³/mol. The van der Waals surface area contributed by atoms with E-state index in [-0.39, 0.29) is 17.9 Å². The fourth-order valence-electron chi connectivity index (χ4n) is 3.92. The second kappa shape index (κ2) is 4.52. The van der Waals surface area contributed by atoms with Gasteiger partial charge in [0, 0.05) is 13.1 Å². The van der Waals surface area contributed by atoms with Crippen LogP contribution in [0, 0.1) is 10.8 Å². The first-order chi connectivity index (χ1) is 8.70. The van der Waals surface area contributed by atoms with Gasteiger partial charge in [-0.15, -0.1) is 0 Å². The fraction of sp³-hybridized carbons (Fsp3) is 0.933. The molecule has 3 rings (SSSR count). The zero-order valence-corrected chi connectivity index (χ0v) is 11.3. The van der Waals surface area contributed by atoms with Gasteiger partial charge in [0.1, 0.15) is 0 Å². The van der Waals surface area contributed by atoms with E-state index in [2.05, 4.69) is 4.90 Å². The molecule has 2 aliphatic carbocycles. The van der Waals surface area contributed by atoms with Gasteiger partial charge in [0.15, 0.2) is 0 Å². The number of carbonyl (C=O) groups is 1. The molecule has 1 saturated heterocycles. The molecule has 3 aliphatic rings. The molecule has 2 saturated carbocycles. The Bertz CT molecular complexity index is 327. The summed E-state index contributed by atoms with van der Waals surface area (Å²) in [6.07, 6.45) is 11.0. The highest BCUT2D eigenvalue weighted by atomic mass is 16.3. The number of hydrogen-bond acceptors (Lipinski definition) is 2. The summed E-state index contributed by atoms with van der Waals surface area (Å²) in [4.78, 5) is 14.5. The number of carbonyl (C=O) groups excluding carboxylic acids is 1. The van der Waals surface area contributed by atoms with Gasteiger partial charge >= 0.3 is 0 Å². The summed E-state index contributed by atoms with van der Waals surface area (Å²) in [6, 6.07) is 0. The first kappa shape index (κ1) is 12.5. The summed E-state index contributed by atoms with van der Waals surface area (Å²) in [7, 11) is 0. The van der Waals surface area contributed by atoms with E-state index in [1.165, 1.54) is 44.9 Å². The summed E-state index contributed by atoms with van der Waals surface area (Å²) >= 11 is 0. The summed E-state index contributed by atoms with van der Waals surface area (Å²) < 4.78 is 0. The zero-order valence-electron chi connectivity index (χ0n) is 11.3. The molecule has 0 atom stereocenters. The van der Waals surface area contributed by atoms with Crippen molar-refractivity contribution < 1.29 is 9.90 Å². The van der Waals surface area contributed by atoms with Gasteiger partial charge < -0.3 is 10.0 Å². The van der Waals surface area contributed by atoms with Crippen LogP contribution in [0.2, 0.25) is 0 Å². The molecule has 1 spiro atoms. The van der Waals surface area contributed by atoms with E-state index in [0.717, 1.165) is 25.9 Å². The Morgan fingerprint density at radius 2 is 1.67 bits per heavy atom. The summed E-state index contributed by atoms with van der Waals surface area (Å²) in [5.74, 6) is 0.242. The standard InChI is InChI=1S/C15H25NO2/c17-12-15(7-8-15)13(18)16-10-9-14(11-16)5-3-1-2-4-6-14/h17H,1-12H2. The average Bonchev–Trinajstić information content (AvgIpc) is 3.11. The summed E-state index contributed by atoms with van der Waals surface area (Å²) in [5.41, 5.74) is 0.0634. The van der Waals surface area contributed by atoms with E-state index in [1.54, 1.807) is 0 Å². The molecule has 0 radical (unpaired) electrons. The summed E-state index contributed by atoms with van der Waals surface area (Å²) in [5, 5.41) is 9.39. The predicted octanol–water partition coefficient (Wildman–Crippen LogP) is 2.33. The van der Waals surface area contributed by atoms with Crippen LogP contribution in [0.5, 0.6) is 0 Å².